The van der Waals surface area contributed by atoms with E-state index in [1.54, 1.807) is 31.3 Å². The molecule has 1 atom stereocenters. The summed E-state index contributed by atoms with van der Waals surface area (Å²) in [7, 11) is 1.66. The standard InChI is InChI=1S/C17H18N6O3/c1-21(9-13-5-6-22(10-13)17(25)26)16(24)15-19-11-23(20-15)14-4-2-3-12(7-14)8-18/h2-4,7,11,13H,5-6,9-10H2,1H3,(H,25,26). The van der Waals surface area contributed by atoms with Crippen molar-refractivity contribution in [3.05, 3.63) is 42.0 Å². The molecule has 2 heterocycles. The lowest BCUT2D eigenvalue weighted by Gasteiger charge is -2.20. The molecule has 2 aromatic rings. The van der Waals surface area contributed by atoms with E-state index in [2.05, 4.69) is 16.2 Å². The summed E-state index contributed by atoms with van der Waals surface area (Å²) in [6.07, 6.45) is 1.23. The molecule has 1 fully saturated rings. The van der Waals surface area contributed by atoms with E-state index < -0.39 is 6.09 Å². The molecular weight excluding hydrogens is 336 g/mol. The molecule has 1 N–H and O–H groups in total. The first-order chi connectivity index (χ1) is 12.5. The van der Waals surface area contributed by atoms with E-state index in [1.165, 1.54) is 20.8 Å². The van der Waals surface area contributed by atoms with E-state index in [1.807, 2.05) is 0 Å². The van der Waals surface area contributed by atoms with Gasteiger partial charge in [0.15, 0.2) is 0 Å². The second-order valence-electron chi connectivity index (χ2n) is 6.24. The maximum absolute atomic E-state index is 12.5. The molecule has 1 aromatic carbocycles. The van der Waals surface area contributed by atoms with Gasteiger partial charge in [0.25, 0.3) is 5.91 Å². The van der Waals surface area contributed by atoms with Crippen molar-refractivity contribution < 1.29 is 14.7 Å². The van der Waals surface area contributed by atoms with Gasteiger partial charge in [0, 0.05) is 26.7 Å². The summed E-state index contributed by atoms with van der Waals surface area (Å²) in [5.41, 5.74) is 1.14. The van der Waals surface area contributed by atoms with E-state index in [-0.39, 0.29) is 17.6 Å². The van der Waals surface area contributed by atoms with Gasteiger partial charge in [-0.05, 0) is 30.5 Å². The Morgan fingerprint density at radius 3 is 2.96 bits per heavy atom. The number of amides is 2. The van der Waals surface area contributed by atoms with Gasteiger partial charge in [-0.3, -0.25) is 4.79 Å². The Bertz CT molecular complexity index is 871. The van der Waals surface area contributed by atoms with Crippen molar-refractivity contribution >= 4 is 12.0 Å². The van der Waals surface area contributed by atoms with E-state index in [0.717, 1.165) is 6.42 Å². The molecule has 2 amide bonds. The van der Waals surface area contributed by atoms with E-state index in [9.17, 15) is 9.59 Å². The molecule has 1 aliphatic rings. The number of carbonyl (C=O) groups excluding carboxylic acids is 1. The number of rotatable bonds is 4. The van der Waals surface area contributed by atoms with Crippen LogP contribution in [0.25, 0.3) is 5.69 Å². The van der Waals surface area contributed by atoms with Crippen molar-refractivity contribution in [3.63, 3.8) is 0 Å². The third kappa shape index (κ3) is 3.64. The minimum absolute atomic E-state index is 0.0583. The second-order valence-corrected chi connectivity index (χ2v) is 6.24. The number of likely N-dealkylation sites (tertiary alicyclic amines) is 1. The summed E-state index contributed by atoms with van der Waals surface area (Å²) in [6, 6.07) is 8.90. The highest BCUT2D eigenvalue weighted by Crippen LogP contribution is 2.17. The third-order valence-corrected chi connectivity index (χ3v) is 4.36. The molecule has 1 aliphatic heterocycles. The number of hydrogen-bond donors (Lipinski definition) is 1. The molecule has 0 radical (unpaired) electrons. The second kappa shape index (κ2) is 7.23. The van der Waals surface area contributed by atoms with Crippen LogP contribution in [0.15, 0.2) is 30.6 Å². The molecule has 1 saturated heterocycles. The van der Waals surface area contributed by atoms with Crippen LogP contribution in [0.1, 0.15) is 22.6 Å². The molecule has 134 valence electrons. The van der Waals surface area contributed by atoms with Crippen LogP contribution in [0.5, 0.6) is 0 Å². The Balaban J connectivity index is 1.66. The smallest absolute Gasteiger partial charge is 0.407 e. The van der Waals surface area contributed by atoms with Gasteiger partial charge in [-0.2, -0.15) is 5.26 Å². The van der Waals surface area contributed by atoms with Crippen LogP contribution in [-0.2, 0) is 0 Å². The lowest BCUT2D eigenvalue weighted by molar-refractivity contribution is 0.0762. The highest BCUT2D eigenvalue weighted by atomic mass is 16.4. The Hall–Kier alpha value is -3.41. The zero-order valence-electron chi connectivity index (χ0n) is 14.2. The number of nitriles is 1. The van der Waals surface area contributed by atoms with E-state index in [4.69, 9.17) is 10.4 Å². The first kappa shape index (κ1) is 17.4. The Labute approximate surface area is 150 Å². The summed E-state index contributed by atoms with van der Waals surface area (Å²) < 4.78 is 1.45. The van der Waals surface area contributed by atoms with Crippen LogP contribution in [-0.4, -0.2) is 68.4 Å². The summed E-state index contributed by atoms with van der Waals surface area (Å²) in [5.74, 6) is -0.161. The number of aromatic nitrogens is 3. The highest BCUT2D eigenvalue weighted by molar-refractivity contribution is 5.90. The minimum atomic E-state index is -0.929. The van der Waals surface area contributed by atoms with Crippen LogP contribution >= 0.6 is 0 Å². The lowest BCUT2D eigenvalue weighted by Crippen LogP contribution is -2.34. The molecule has 3 rings (SSSR count). The van der Waals surface area contributed by atoms with Crippen molar-refractivity contribution in [2.24, 2.45) is 5.92 Å². The molecule has 9 heteroatoms. The fourth-order valence-corrected chi connectivity index (χ4v) is 3.00. The number of nitrogens with zero attached hydrogens (tertiary/aromatic N) is 6. The molecule has 26 heavy (non-hydrogen) atoms. The zero-order valence-corrected chi connectivity index (χ0v) is 14.2. The molecule has 0 bridgehead atoms. The molecule has 9 nitrogen and oxygen atoms in total. The summed E-state index contributed by atoms with van der Waals surface area (Å²) in [6.45, 7) is 1.36. The van der Waals surface area contributed by atoms with Crippen molar-refractivity contribution in [2.45, 2.75) is 6.42 Å². The van der Waals surface area contributed by atoms with Crippen LogP contribution in [0.3, 0.4) is 0 Å². The number of carbonyl (C=O) groups is 2. The molecule has 1 unspecified atom stereocenters. The Kier molecular flexibility index (Phi) is 4.84. The third-order valence-electron chi connectivity index (χ3n) is 4.36. The van der Waals surface area contributed by atoms with Crippen LogP contribution in [0.2, 0.25) is 0 Å². The monoisotopic (exact) mass is 354 g/mol. The van der Waals surface area contributed by atoms with Gasteiger partial charge in [-0.1, -0.05) is 6.07 Å². The van der Waals surface area contributed by atoms with Gasteiger partial charge >= 0.3 is 6.09 Å². The predicted octanol–water partition coefficient (Wildman–Crippen LogP) is 1.21. The molecule has 0 aliphatic carbocycles. The van der Waals surface area contributed by atoms with E-state index in [0.29, 0.717) is 30.9 Å². The number of carboxylic acid groups (broad SMARTS) is 1. The number of hydrogen-bond acceptors (Lipinski definition) is 5. The summed E-state index contributed by atoms with van der Waals surface area (Å²) in [5, 5.41) is 22.2. The SMILES string of the molecule is CN(CC1CCN(C(=O)O)C1)C(=O)c1ncn(-c2cccc(C#N)c2)n1. The lowest BCUT2D eigenvalue weighted by atomic mass is 10.1. The first-order valence-corrected chi connectivity index (χ1v) is 8.13. The largest absolute Gasteiger partial charge is 0.465 e. The van der Waals surface area contributed by atoms with Gasteiger partial charge < -0.3 is 14.9 Å². The fraction of sp³-hybridized carbons (Fsp3) is 0.353. The maximum Gasteiger partial charge on any atom is 0.407 e. The van der Waals surface area contributed by atoms with Crippen molar-refractivity contribution in [3.8, 4) is 11.8 Å². The zero-order chi connectivity index (χ0) is 18.7. The average Bonchev–Trinajstić information content (AvgIpc) is 3.31. The van der Waals surface area contributed by atoms with E-state index >= 15 is 0 Å². The van der Waals surface area contributed by atoms with Crippen LogP contribution in [0.4, 0.5) is 4.79 Å². The van der Waals surface area contributed by atoms with Gasteiger partial charge in [0.2, 0.25) is 5.82 Å². The van der Waals surface area contributed by atoms with Gasteiger partial charge in [-0.25, -0.2) is 14.5 Å². The molecule has 0 spiro atoms. The summed E-state index contributed by atoms with van der Waals surface area (Å²) >= 11 is 0. The quantitative estimate of drug-likeness (QED) is 0.882. The van der Waals surface area contributed by atoms with Crippen LogP contribution in [0, 0.1) is 17.2 Å². The fourth-order valence-electron chi connectivity index (χ4n) is 3.00. The minimum Gasteiger partial charge on any atom is -0.465 e. The number of benzene rings is 1. The van der Waals surface area contributed by atoms with Crippen molar-refractivity contribution in [2.75, 3.05) is 26.7 Å². The van der Waals surface area contributed by atoms with Crippen molar-refractivity contribution in [1.82, 2.24) is 24.6 Å². The predicted molar refractivity (Wildman–Crippen MR) is 90.7 cm³/mol. The Morgan fingerprint density at radius 2 is 2.27 bits per heavy atom. The van der Waals surface area contributed by atoms with Crippen molar-refractivity contribution in [1.29, 1.82) is 5.26 Å². The maximum atomic E-state index is 12.5. The molecule has 0 saturated carbocycles. The van der Waals surface area contributed by atoms with Gasteiger partial charge in [0.05, 0.1) is 17.3 Å². The topological polar surface area (TPSA) is 115 Å². The highest BCUT2D eigenvalue weighted by Gasteiger charge is 2.28. The normalized spacial score (nSPS) is 16.3. The first-order valence-electron chi connectivity index (χ1n) is 8.13. The van der Waals surface area contributed by atoms with Gasteiger partial charge in [0.1, 0.15) is 6.33 Å². The molecule has 1 aromatic heterocycles. The van der Waals surface area contributed by atoms with Crippen LogP contribution < -0.4 is 0 Å². The summed E-state index contributed by atoms with van der Waals surface area (Å²) in [4.78, 5) is 30.4. The average molecular weight is 354 g/mol. The molecular formula is C17H18N6O3. The van der Waals surface area contributed by atoms with Gasteiger partial charge in [-0.15, -0.1) is 5.10 Å². The Morgan fingerprint density at radius 1 is 1.46 bits per heavy atom.